The second-order valence-corrected chi connectivity index (χ2v) is 6.01. The van der Waals surface area contributed by atoms with E-state index in [2.05, 4.69) is 5.32 Å². The number of carboxylic acid groups (broad SMARTS) is 1. The van der Waals surface area contributed by atoms with Crippen molar-refractivity contribution < 1.29 is 19.4 Å². The summed E-state index contributed by atoms with van der Waals surface area (Å²) in [5.74, 6) is -0.740. The van der Waals surface area contributed by atoms with Crippen molar-refractivity contribution >= 4 is 29.7 Å². The van der Waals surface area contributed by atoms with Gasteiger partial charge in [-0.2, -0.15) is 0 Å². The van der Waals surface area contributed by atoms with Gasteiger partial charge in [0.25, 0.3) is 5.91 Å². The number of hydrogen-bond acceptors (Lipinski definition) is 3. The molecule has 140 valence electrons. The first-order valence-electron chi connectivity index (χ1n) is 8.63. The van der Waals surface area contributed by atoms with Crippen molar-refractivity contribution in [2.24, 2.45) is 0 Å². The quantitative estimate of drug-likeness (QED) is 0.608. The van der Waals surface area contributed by atoms with E-state index in [0.29, 0.717) is 5.56 Å². The number of benzene rings is 3. The average molecular weight is 373 g/mol. The highest BCUT2D eigenvalue weighted by molar-refractivity contribution is 6.08. The molecular weight excluding hydrogens is 354 g/mol. The Morgan fingerprint density at radius 2 is 1.64 bits per heavy atom. The fourth-order valence-corrected chi connectivity index (χ4v) is 2.73. The van der Waals surface area contributed by atoms with E-state index in [0.717, 1.165) is 16.9 Å². The van der Waals surface area contributed by atoms with Gasteiger partial charge in [-0.15, -0.1) is 0 Å². The molecule has 0 unspecified atom stereocenters. The standard InChI is InChI=1S/C23H19NO4/c1-28-21-10-6-5-7-17(21)13-11-16-12-14-19(23(26)27)20(15-16)24-22(25)18-8-3-2-4-9-18/h2-15H,1H3,(H,24,25)(H,26,27)/b13-11+. The maximum atomic E-state index is 12.4. The third-order valence-electron chi connectivity index (χ3n) is 4.15. The number of methoxy groups -OCH3 is 1. The molecule has 0 atom stereocenters. The zero-order chi connectivity index (χ0) is 19.9. The number of carbonyl (C=O) groups is 2. The maximum Gasteiger partial charge on any atom is 0.337 e. The summed E-state index contributed by atoms with van der Waals surface area (Å²) in [7, 11) is 1.60. The van der Waals surface area contributed by atoms with Crippen LogP contribution >= 0.6 is 0 Å². The van der Waals surface area contributed by atoms with Crippen LogP contribution < -0.4 is 10.1 Å². The zero-order valence-corrected chi connectivity index (χ0v) is 15.3. The van der Waals surface area contributed by atoms with Crippen LogP contribution in [-0.2, 0) is 0 Å². The summed E-state index contributed by atoms with van der Waals surface area (Å²) in [6.45, 7) is 0. The van der Waals surface area contributed by atoms with Gasteiger partial charge in [0.15, 0.2) is 0 Å². The molecule has 0 radical (unpaired) electrons. The second kappa shape index (κ2) is 8.68. The van der Waals surface area contributed by atoms with Crippen LogP contribution in [0.4, 0.5) is 5.69 Å². The SMILES string of the molecule is COc1ccccc1/C=C/c1ccc(C(=O)O)c(NC(=O)c2ccccc2)c1. The van der Waals surface area contributed by atoms with Crippen LogP contribution in [0.15, 0.2) is 72.8 Å². The van der Waals surface area contributed by atoms with Gasteiger partial charge in [0, 0.05) is 11.1 Å². The fraction of sp³-hybridized carbons (Fsp3) is 0.0435. The molecule has 0 saturated heterocycles. The highest BCUT2D eigenvalue weighted by atomic mass is 16.5. The predicted octanol–water partition coefficient (Wildman–Crippen LogP) is 4.82. The van der Waals surface area contributed by atoms with E-state index in [4.69, 9.17) is 4.74 Å². The monoisotopic (exact) mass is 373 g/mol. The third-order valence-corrected chi connectivity index (χ3v) is 4.15. The molecule has 0 aliphatic carbocycles. The summed E-state index contributed by atoms with van der Waals surface area (Å²) in [5.41, 5.74) is 2.36. The summed E-state index contributed by atoms with van der Waals surface area (Å²) in [4.78, 5) is 24.0. The molecule has 0 aliphatic rings. The molecule has 0 saturated carbocycles. The van der Waals surface area contributed by atoms with Gasteiger partial charge in [-0.3, -0.25) is 4.79 Å². The van der Waals surface area contributed by atoms with E-state index in [1.807, 2.05) is 42.5 Å². The Kier molecular flexibility index (Phi) is 5.87. The Hall–Kier alpha value is -3.86. The highest BCUT2D eigenvalue weighted by Crippen LogP contribution is 2.23. The molecule has 0 aliphatic heterocycles. The maximum absolute atomic E-state index is 12.4. The first-order chi connectivity index (χ1) is 13.6. The fourth-order valence-electron chi connectivity index (χ4n) is 2.73. The number of carbonyl (C=O) groups excluding carboxylic acids is 1. The lowest BCUT2D eigenvalue weighted by atomic mass is 10.1. The number of ether oxygens (including phenoxy) is 1. The Morgan fingerprint density at radius 3 is 2.36 bits per heavy atom. The van der Waals surface area contributed by atoms with Gasteiger partial charge in [-0.1, -0.05) is 54.6 Å². The molecule has 3 aromatic carbocycles. The highest BCUT2D eigenvalue weighted by Gasteiger charge is 2.14. The van der Waals surface area contributed by atoms with E-state index >= 15 is 0 Å². The van der Waals surface area contributed by atoms with Crippen LogP contribution in [-0.4, -0.2) is 24.1 Å². The summed E-state index contributed by atoms with van der Waals surface area (Å²) in [6, 6.07) is 21.0. The lowest BCUT2D eigenvalue weighted by Crippen LogP contribution is -2.14. The number of carboxylic acids is 1. The van der Waals surface area contributed by atoms with Crippen LogP contribution in [0, 0.1) is 0 Å². The predicted molar refractivity (Wildman–Crippen MR) is 110 cm³/mol. The van der Waals surface area contributed by atoms with E-state index < -0.39 is 5.97 Å². The third kappa shape index (κ3) is 4.45. The molecule has 5 nitrogen and oxygen atoms in total. The lowest BCUT2D eigenvalue weighted by Gasteiger charge is -2.10. The van der Waals surface area contributed by atoms with Gasteiger partial charge in [0.1, 0.15) is 5.75 Å². The number of hydrogen-bond donors (Lipinski definition) is 2. The largest absolute Gasteiger partial charge is 0.496 e. The summed E-state index contributed by atoms with van der Waals surface area (Å²) < 4.78 is 5.32. The topological polar surface area (TPSA) is 75.6 Å². The number of amides is 1. The number of aromatic carboxylic acids is 1. The van der Waals surface area contributed by atoms with E-state index in [9.17, 15) is 14.7 Å². The van der Waals surface area contributed by atoms with E-state index in [1.54, 1.807) is 43.5 Å². The molecule has 0 bridgehead atoms. The van der Waals surface area contributed by atoms with Crippen molar-refractivity contribution in [1.29, 1.82) is 0 Å². The average Bonchev–Trinajstić information content (AvgIpc) is 2.73. The molecule has 0 fully saturated rings. The molecule has 0 heterocycles. The van der Waals surface area contributed by atoms with Gasteiger partial charge in [0.05, 0.1) is 18.4 Å². The minimum atomic E-state index is -1.11. The molecule has 3 rings (SSSR count). The number of para-hydroxylation sites is 1. The van der Waals surface area contributed by atoms with Crippen molar-refractivity contribution in [2.45, 2.75) is 0 Å². The number of anilines is 1. The smallest absolute Gasteiger partial charge is 0.337 e. The molecule has 1 amide bonds. The lowest BCUT2D eigenvalue weighted by molar-refractivity contribution is 0.0698. The summed E-state index contributed by atoms with van der Waals surface area (Å²) in [5, 5.41) is 12.1. The molecule has 0 aromatic heterocycles. The van der Waals surface area contributed by atoms with E-state index in [1.165, 1.54) is 6.07 Å². The van der Waals surface area contributed by atoms with Crippen molar-refractivity contribution in [2.75, 3.05) is 12.4 Å². The van der Waals surface area contributed by atoms with Crippen molar-refractivity contribution in [3.05, 3.63) is 95.1 Å². The van der Waals surface area contributed by atoms with Crippen molar-refractivity contribution in [3.8, 4) is 5.75 Å². The molecule has 2 N–H and O–H groups in total. The molecule has 28 heavy (non-hydrogen) atoms. The Labute approximate surface area is 162 Å². The Morgan fingerprint density at radius 1 is 0.929 bits per heavy atom. The zero-order valence-electron chi connectivity index (χ0n) is 15.3. The van der Waals surface area contributed by atoms with Crippen LogP contribution in [0.25, 0.3) is 12.2 Å². The minimum absolute atomic E-state index is 0.0266. The van der Waals surface area contributed by atoms with Gasteiger partial charge in [-0.25, -0.2) is 4.79 Å². The van der Waals surface area contributed by atoms with Gasteiger partial charge >= 0.3 is 5.97 Å². The normalized spacial score (nSPS) is 10.6. The molecular formula is C23H19NO4. The Bertz CT molecular complexity index is 1030. The van der Waals surface area contributed by atoms with E-state index in [-0.39, 0.29) is 17.2 Å². The number of nitrogens with one attached hydrogen (secondary N) is 1. The Balaban J connectivity index is 1.90. The van der Waals surface area contributed by atoms with Crippen LogP contribution in [0.3, 0.4) is 0 Å². The summed E-state index contributed by atoms with van der Waals surface area (Å²) in [6.07, 6.45) is 3.71. The van der Waals surface area contributed by atoms with Crippen LogP contribution in [0.2, 0.25) is 0 Å². The van der Waals surface area contributed by atoms with Crippen LogP contribution in [0.1, 0.15) is 31.8 Å². The van der Waals surface area contributed by atoms with Crippen LogP contribution in [0.5, 0.6) is 5.75 Å². The molecule has 5 heteroatoms. The van der Waals surface area contributed by atoms with Crippen molar-refractivity contribution in [1.82, 2.24) is 0 Å². The molecule has 3 aromatic rings. The summed E-state index contributed by atoms with van der Waals surface area (Å²) >= 11 is 0. The molecule has 0 spiro atoms. The van der Waals surface area contributed by atoms with Gasteiger partial charge < -0.3 is 15.2 Å². The second-order valence-electron chi connectivity index (χ2n) is 6.01. The first-order valence-corrected chi connectivity index (χ1v) is 8.63. The van der Waals surface area contributed by atoms with Gasteiger partial charge in [0.2, 0.25) is 0 Å². The minimum Gasteiger partial charge on any atom is -0.496 e. The van der Waals surface area contributed by atoms with Crippen molar-refractivity contribution in [3.63, 3.8) is 0 Å². The number of rotatable bonds is 6. The van der Waals surface area contributed by atoms with Gasteiger partial charge in [-0.05, 0) is 35.9 Å². The first kappa shape index (κ1) is 18.9.